The number of hydrogen-bond acceptors (Lipinski definition) is 9. The summed E-state index contributed by atoms with van der Waals surface area (Å²) >= 11 is 3.28. The maximum absolute atomic E-state index is 14.2. The lowest BCUT2D eigenvalue weighted by molar-refractivity contribution is -0.148. The minimum Gasteiger partial charge on any atom is -0.467 e. The number of alkyl carbamates (subject to hydrolysis) is 1. The average Bonchev–Trinajstić information content (AvgIpc) is 3.78. The molecule has 0 aromatic heterocycles. The lowest BCUT2D eigenvalue weighted by Gasteiger charge is -2.35. The highest BCUT2D eigenvalue weighted by atomic mass is 79.9. The van der Waals surface area contributed by atoms with Gasteiger partial charge < -0.3 is 25.0 Å². The van der Waals surface area contributed by atoms with Gasteiger partial charge in [0.1, 0.15) is 23.7 Å². The second-order valence-corrected chi connectivity index (χ2v) is 16.3. The topological polar surface area (TPSA) is 157 Å². The van der Waals surface area contributed by atoms with Gasteiger partial charge in [0, 0.05) is 17.4 Å². The highest BCUT2D eigenvalue weighted by molar-refractivity contribution is 9.10. The molecule has 1 aromatic carbocycles. The lowest BCUT2D eigenvalue weighted by atomic mass is 9.85. The molecule has 0 spiro atoms. The number of amides is 3. The van der Waals surface area contributed by atoms with Crippen LogP contribution in [0.15, 0.2) is 33.6 Å². The van der Waals surface area contributed by atoms with E-state index in [9.17, 15) is 27.6 Å². The Hall–Kier alpha value is -2.71. The van der Waals surface area contributed by atoms with E-state index in [-0.39, 0.29) is 29.9 Å². The minimum absolute atomic E-state index is 0.0774. The van der Waals surface area contributed by atoms with E-state index in [0.29, 0.717) is 29.2 Å². The van der Waals surface area contributed by atoms with E-state index in [2.05, 4.69) is 26.6 Å². The fraction of sp³-hybridized carbons (Fsp3) is 0.677. The zero-order valence-electron chi connectivity index (χ0n) is 26.2. The second kappa shape index (κ2) is 12.5. The number of hydrogen-bond donors (Lipinski definition) is 2. The van der Waals surface area contributed by atoms with Gasteiger partial charge in [-0.1, -0.05) is 50.0 Å². The lowest BCUT2D eigenvalue weighted by Crippen LogP contribution is -2.59. The summed E-state index contributed by atoms with van der Waals surface area (Å²) in [6.45, 7) is 7.00. The number of ether oxygens (including phenoxy) is 2. The van der Waals surface area contributed by atoms with Crippen molar-refractivity contribution < 1.29 is 41.3 Å². The summed E-state index contributed by atoms with van der Waals surface area (Å²) in [4.78, 5) is 54.9. The first-order valence-corrected chi connectivity index (χ1v) is 17.6. The largest absolute Gasteiger partial charge is 0.467 e. The molecule has 1 saturated heterocycles. The number of nitrogens with one attached hydrogen (secondary N) is 2. The molecule has 8 atom stereocenters. The molecule has 12 nitrogen and oxygen atoms in total. The fourth-order valence-corrected chi connectivity index (χ4v) is 8.17. The molecule has 1 heterocycles. The van der Waals surface area contributed by atoms with Gasteiger partial charge in [-0.2, -0.15) is 8.42 Å². The van der Waals surface area contributed by atoms with Gasteiger partial charge in [0.25, 0.3) is 10.1 Å². The predicted octanol–water partition coefficient (Wildman–Crippen LogP) is 3.52. The highest BCUT2D eigenvalue weighted by Crippen LogP contribution is 2.52. The first-order valence-electron chi connectivity index (χ1n) is 15.4. The Morgan fingerprint density at radius 3 is 2.24 bits per heavy atom. The number of rotatable bonds is 10. The van der Waals surface area contributed by atoms with E-state index >= 15 is 0 Å². The zero-order chi connectivity index (χ0) is 32.9. The van der Waals surface area contributed by atoms with Crippen LogP contribution in [0.3, 0.4) is 0 Å². The van der Waals surface area contributed by atoms with Crippen LogP contribution >= 0.6 is 15.9 Å². The van der Waals surface area contributed by atoms with Gasteiger partial charge in [-0.05, 0) is 73.1 Å². The van der Waals surface area contributed by atoms with E-state index < -0.39 is 63.1 Å². The zero-order valence-corrected chi connectivity index (χ0v) is 28.6. The van der Waals surface area contributed by atoms with Gasteiger partial charge in [0.15, 0.2) is 0 Å². The molecule has 248 valence electrons. The minimum atomic E-state index is -4.25. The molecule has 14 heteroatoms. The van der Waals surface area contributed by atoms with E-state index in [1.165, 1.54) is 30.6 Å². The van der Waals surface area contributed by atoms with Crippen molar-refractivity contribution in [2.24, 2.45) is 23.2 Å². The third-order valence-corrected chi connectivity index (χ3v) is 11.5. The van der Waals surface area contributed by atoms with Crippen molar-refractivity contribution in [1.82, 2.24) is 15.5 Å². The van der Waals surface area contributed by atoms with Crippen LogP contribution in [-0.4, -0.2) is 80.7 Å². The molecule has 2 N–H and O–H groups in total. The van der Waals surface area contributed by atoms with Gasteiger partial charge in [0.05, 0.1) is 18.1 Å². The van der Waals surface area contributed by atoms with Crippen molar-refractivity contribution in [3.63, 3.8) is 0 Å². The second-order valence-electron chi connectivity index (χ2n) is 13.8. The third kappa shape index (κ3) is 7.17. The van der Waals surface area contributed by atoms with Crippen molar-refractivity contribution in [3.05, 3.63) is 28.7 Å². The molecule has 0 bridgehead atoms. The van der Waals surface area contributed by atoms with Crippen molar-refractivity contribution in [2.75, 3.05) is 13.7 Å². The Morgan fingerprint density at radius 2 is 1.69 bits per heavy atom. The van der Waals surface area contributed by atoms with E-state index in [0.717, 1.165) is 12.8 Å². The predicted molar refractivity (Wildman–Crippen MR) is 165 cm³/mol. The molecule has 3 saturated carbocycles. The molecule has 1 aliphatic heterocycles. The van der Waals surface area contributed by atoms with Crippen LogP contribution in [0.1, 0.15) is 66.2 Å². The van der Waals surface area contributed by atoms with Crippen LogP contribution in [0.5, 0.6) is 0 Å². The van der Waals surface area contributed by atoms with Gasteiger partial charge in [-0.3, -0.25) is 13.8 Å². The number of methoxy groups -OCH3 is 1. The fourth-order valence-electron chi connectivity index (χ4n) is 6.83. The molecular formula is C31H42BrN3O9S. The first kappa shape index (κ1) is 33.6. The van der Waals surface area contributed by atoms with Crippen molar-refractivity contribution in [2.45, 2.75) is 101 Å². The van der Waals surface area contributed by atoms with Gasteiger partial charge in [0.2, 0.25) is 11.8 Å². The summed E-state index contributed by atoms with van der Waals surface area (Å²) in [5, 5.41) is 5.54. The molecule has 0 radical (unpaired) electrons. The summed E-state index contributed by atoms with van der Waals surface area (Å²) in [5.41, 5.74) is -2.01. The Labute approximate surface area is 272 Å². The van der Waals surface area contributed by atoms with Crippen molar-refractivity contribution in [3.8, 4) is 0 Å². The van der Waals surface area contributed by atoms with Crippen LogP contribution in [0.25, 0.3) is 0 Å². The number of fused-ring (bicyclic) bond motifs is 1. The average molecular weight is 713 g/mol. The quantitative estimate of drug-likeness (QED) is 0.274. The van der Waals surface area contributed by atoms with Crippen molar-refractivity contribution >= 4 is 49.9 Å². The number of likely N-dealkylation sites (tertiary alicyclic amines) is 1. The molecule has 45 heavy (non-hydrogen) atoms. The number of nitrogens with zero attached hydrogens (tertiary/aromatic N) is 1. The highest BCUT2D eigenvalue weighted by Gasteiger charge is 2.62. The first-order chi connectivity index (χ1) is 21.1. The maximum atomic E-state index is 14.2. The summed E-state index contributed by atoms with van der Waals surface area (Å²) < 4.78 is 43.2. The van der Waals surface area contributed by atoms with Gasteiger partial charge in [-0.25, -0.2) is 9.59 Å². The molecule has 4 aliphatic rings. The smallest absolute Gasteiger partial charge is 0.408 e. The normalized spacial score (nSPS) is 31.0. The van der Waals surface area contributed by atoms with Crippen LogP contribution in [0.2, 0.25) is 0 Å². The van der Waals surface area contributed by atoms with Crippen LogP contribution in [0.4, 0.5) is 4.79 Å². The maximum Gasteiger partial charge on any atom is 0.408 e. The third-order valence-electron chi connectivity index (χ3n) is 9.56. The number of carbonyl (C=O) groups excluding carboxylic acids is 4. The summed E-state index contributed by atoms with van der Waals surface area (Å²) in [6, 6.07) is 3.63. The van der Waals surface area contributed by atoms with Crippen LogP contribution in [-0.2, 0) is 38.2 Å². The summed E-state index contributed by atoms with van der Waals surface area (Å²) in [5.74, 6) is -0.725. The van der Waals surface area contributed by atoms with Crippen LogP contribution < -0.4 is 10.6 Å². The number of benzene rings is 1. The molecular weight excluding hydrogens is 670 g/mol. The molecule has 1 aromatic rings. The van der Waals surface area contributed by atoms with Gasteiger partial charge >= 0.3 is 12.1 Å². The van der Waals surface area contributed by atoms with E-state index in [1.807, 2.05) is 6.92 Å². The molecule has 4 fully saturated rings. The Kier molecular flexibility index (Phi) is 9.33. The summed E-state index contributed by atoms with van der Waals surface area (Å²) in [6.07, 6.45) is 1.69. The van der Waals surface area contributed by atoms with Gasteiger partial charge in [-0.15, -0.1) is 0 Å². The standard InChI is InChI=1S/C31H42BrN3O9S/c1-6-19-15-31(19,28(38)42-5)34-26(36)24-14-22(44-45(40,41)23-9-7-20(32)8-10-23)16-35(24)27(37)25(30(2,3)4)33-29(39)43-21-12-17-11-18(17)13-21/h7-10,17-19,21-22,24-25H,6,11-16H2,1-5H3,(H,33,39)(H,34,36)/t17-,18+,19-,21+,22+,24+,25?,31-/m1/s1. The molecule has 5 rings (SSSR count). The Bertz CT molecular complexity index is 1440. The molecule has 3 aliphatic carbocycles. The number of halogens is 1. The number of esters is 1. The van der Waals surface area contributed by atoms with E-state index in [4.69, 9.17) is 13.7 Å². The number of carbonyl (C=O) groups is 4. The SMILES string of the molecule is CC[C@@H]1C[C@]1(NC(=O)[C@@H]1C[C@H](OS(=O)(=O)c2ccc(Br)cc2)CN1C(=O)C(NC(=O)O[C@@H]1C[C@@H]2C[C@@H]2C1)C(C)(C)C)C(=O)OC. The van der Waals surface area contributed by atoms with E-state index in [1.54, 1.807) is 32.9 Å². The molecule has 1 unspecified atom stereocenters. The van der Waals surface area contributed by atoms with Crippen LogP contribution in [0, 0.1) is 23.2 Å². The Morgan fingerprint density at radius 1 is 1.04 bits per heavy atom. The summed E-state index contributed by atoms with van der Waals surface area (Å²) in [7, 11) is -3.00. The Balaban J connectivity index is 1.37. The monoisotopic (exact) mass is 711 g/mol. The van der Waals surface area contributed by atoms with Crippen molar-refractivity contribution in [1.29, 1.82) is 0 Å². The molecule has 3 amide bonds.